The number of benzene rings is 1. The highest BCUT2D eigenvalue weighted by atomic mass is 16.6. The fourth-order valence-corrected chi connectivity index (χ4v) is 3.93. The Balaban J connectivity index is 1.48. The molecule has 9 nitrogen and oxygen atoms in total. The van der Waals surface area contributed by atoms with Gasteiger partial charge in [-0.1, -0.05) is 6.07 Å². The molecule has 31 heavy (non-hydrogen) atoms. The molecule has 1 aliphatic rings. The Kier molecular flexibility index (Phi) is 7.17. The summed E-state index contributed by atoms with van der Waals surface area (Å²) < 4.78 is 0. The van der Waals surface area contributed by atoms with E-state index in [1.54, 1.807) is 6.07 Å². The highest BCUT2D eigenvalue weighted by molar-refractivity contribution is 5.92. The molecule has 1 saturated heterocycles. The Morgan fingerprint density at radius 1 is 1.23 bits per heavy atom. The second-order valence-corrected chi connectivity index (χ2v) is 8.17. The number of nitrogens with zero attached hydrogens (tertiary/aromatic N) is 5. The molecule has 3 rings (SSSR count). The summed E-state index contributed by atoms with van der Waals surface area (Å²) in [6.45, 7) is 8.19. The highest BCUT2D eigenvalue weighted by Gasteiger charge is 2.24. The lowest BCUT2D eigenvalue weighted by Gasteiger charge is -2.37. The van der Waals surface area contributed by atoms with Crippen molar-refractivity contribution in [3.8, 4) is 0 Å². The van der Waals surface area contributed by atoms with Crippen molar-refractivity contribution in [2.75, 3.05) is 36.9 Å². The number of nitro benzene ring substituents is 1. The van der Waals surface area contributed by atoms with Crippen molar-refractivity contribution in [1.29, 1.82) is 0 Å². The van der Waals surface area contributed by atoms with Crippen molar-refractivity contribution in [3.63, 3.8) is 0 Å². The van der Waals surface area contributed by atoms with E-state index in [1.807, 2.05) is 33.9 Å². The predicted octanol–water partition coefficient (Wildman–Crippen LogP) is 3.24. The number of anilines is 2. The summed E-state index contributed by atoms with van der Waals surface area (Å²) in [5, 5.41) is 13.8. The minimum Gasteiger partial charge on any atom is -0.356 e. The van der Waals surface area contributed by atoms with Crippen molar-refractivity contribution in [2.24, 2.45) is 0 Å². The standard InChI is InChI=1S/C22H30N6O3/c1-15-5-6-19(28(30)31)14-20(15)25-22(29)9-10-26(4)18-7-11-27(12-8-18)21-13-16(2)23-17(3)24-21/h5-6,13-14,18H,7-12H2,1-4H3,(H,25,29). The van der Waals surface area contributed by atoms with Crippen molar-refractivity contribution < 1.29 is 9.72 Å². The van der Waals surface area contributed by atoms with Gasteiger partial charge in [0.25, 0.3) is 5.69 Å². The van der Waals surface area contributed by atoms with Crippen LogP contribution in [0.1, 0.15) is 36.3 Å². The number of hydrogen-bond donors (Lipinski definition) is 1. The van der Waals surface area contributed by atoms with E-state index in [0.717, 1.165) is 48.8 Å². The number of piperidine rings is 1. The van der Waals surface area contributed by atoms with E-state index >= 15 is 0 Å². The summed E-state index contributed by atoms with van der Waals surface area (Å²) in [5.41, 5.74) is 2.24. The van der Waals surface area contributed by atoms with Crippen LogP contribution in [0.4, 0.5) is 17.2 Å². The third-order valence-electron chi connectivity index (χ3n) is 5.76. The van der Waals surface area contributed by atoms with Crippen LogP contribution in [-0.4, -0.2) is 58.4 Å². The van der Waals surface area contributed by atoms with Gasteiger partial charge in [0.15, 0.2) is 0 Å². The van der Waals surface area contributed by atoms with E-state index < -0.39 is 4.92 Å². The molecule has 1 amide bonds. The topological polar surface area (TPSA) is 104 Å². The van der Waals surface area contributed by atoms with Gasteiger partial charge in [-0.25, -0.2) is 9.97 Å². The van der Waals surface area contributed by atoms with Crippen LogP contribution in [0.3, 0.4) is 0 Å². The molecule has 1 fully saturated rings. The van der Waals surface area contributed by atoms with Crippen LogP contribution >= 0.6 is 0 Å². The number of aromatic nitrogens is 2. The first-order chi connectivity index (χ1) is 14.7. The van der Waals surface area contributed by atoms with Gasteiger partial charge in [0.1, 0.15) is 11.6 Å². The third-order valence-corrected chi connectivity index (χ3v) is 5.76. The number of nitro groups is 1. The van der Waals surface area contributed by atoms with E-state index in [-0.39, 0.29) is 11.6 Å². The number of carbonyl (C=O) groups is 1. The summed E-state index contributed by atoms with van der Waals surface area (Å²) in [5.74, 6) is 1.64. The molecule has 1 aromatic carbocycles. The molecule has 1 N–H and O–H groups in total. The molecule has 2 heterocycles. The smallest absolute Gasteiger partial charge is 0.271 e. The van der Waals surface area contributed by atoms with Crippen molar-refractivity contribution in [1.82, 2.24) is 14.9 Å². The number of carbonyl (C=O) groups excluding carboxylic acids is 1. The number of amides is 1. The number of rotatable bonds is 7. The highest BCUT2D eigenvalue weighted by Crippen LogP contribution is 2.23. The Bertz CT molecular complexity index is 936. The second kappa shape index (κ2) is 9.82. The van der Waals surface area contributed by atoms with Crippen LogP contribution in [0.2, 0.25) is 0 Å². The zero-order chi connectivity index (χ0) is 22.5. The van der Waals surface area contributed by atoms with Crippen LogP contribution in [0, 0.1) is 30.9 Å². The Labute approximate surface area is 182 Å². The van der Waals surface area contributed by atoms with Gasteiger partial charge in [-0.2, -0.15) is 0 Å². The van der Waals surface area contributed by atoms with Gasteiger partial charge in [0, 0.05) is 56.0 Å². The van der Waals surface area contributed by atoms with Crippen molar-refractivity contribution in [3.05, 3.63) is 51.5 Å². The van der Waals surface area contributed by atoms with Gasteiger partial charge in [-0.3, -0.25) is 14.9 Å². The van der Waals surface area contributed by atoms with E-state index in [4.69, 9.17) is 0 Å². The van der Waals surface area contributed by atoms with E-state index in [2.05, 4.69) is 25.1 Å². The lowest BCUT2D eigenvalue weighted by molar-refractivity contribution is -0.384. The average molecular weight is 427 g/mol. The maximum atomic E-state index is 12.4. The average Bonchev–Trinajstić information content (AvgIpc) is 2.73. The normalized spacial score (nSPS) is 14.7. The summed E-state index contributed by atoms with van der Waals surface area (Å²) in [6.07, 6.45) is 2.34. The van der Waals surface area contributed by atoms with Crippen LogP contribution < -0.4 is 10.2 Å². The minimum absolute atomic E-state index is 0.0288. The van der Waals surface area contributed by atoms with Gasteiger partial charge < -0.3 is 15.1 Å². The largest absolute Gasteiger partial charge is 0.356 e. The quantitative estimate of drug-likeness (QED) is 0.535. The summed E-state index contributed by atoms with van der Waals surface area (Å²) in [6, 6.07) is 6.93. The zero-order valence-corrected chi connectivity index (χ0v) is 18.6. The first kappa shape index (κ1) is 22.6. The predicted molar refractivity (Wildman–Crippen MR) is 120 cm³/mol. The summed E-state index contributed by atoms with van der Waals surface area (Å²) in [7, 11) is 2.05. The van der Waals surface area contributed by atoms with E-state index in [1.165, 1.54) is 12.1 Å². The molecule has 2 aromatic rings. The van der Waals surface area contributed by atoms with Gasteiger partial charge in [0.2, 0.25) is 5.91 Å². The minimum atomic E-state index is -0.459. The molecule has 166 valence electrons. The fraction of sp³-hybridized carbons (Fsp3) is 0.500. The number of non-ortho nitro benzene ring substituents is 1. The molecule has 1 aromatic heterocycles. The summed E-state index contributed by atoms with van der Waals surface area (Å²) >= 11 is 0. The van der Waals surface area contributed by atoms with Crippen molar-refractivity contribution in [2.45, 2.75) is 46.1 Å². The number of hydrogen-bond acceptors (Lipinski definition) is 7. The van der Waals surface area contributed by atoms with Crippen LogP contribution in [0.5, 0.6) is 0 Å². The molecule has 0 radical (unpaired) electrons. The third kappa shape index (κ3) is 5.97. The van der Waals surface area contributed by atoms with Crippen LogP contribution in [0.15, 0.2) is 24.3 Å². The molecule has 0 saturated carbocycles. The molecular formula is C22H30N6O3. The van der Waals surface area contributed by atoms with Crippen LogP contribution in [0.25, 0.3) is 0 Å². The van der Waals surface area contributed by atoms with Gasteiger partial charge >= 0.3 is 0 Å². The first-order valence-corrected chi connectivity index (χ1v) is 10.6. The van der Waals surface area contributed by atoms with Gasteiger partial charge in [-0.05, 0) is 46.2 Å². The Hall–Kier alpha value is -3.07. The molecule has 1 aliphatic heterocycles. The first-order valence-electron chi connectivity index (χ1n) is 10.6. The molecule has 0 bridgehead atoms. The lowest BCUT2D eigenvalue weighted by Crippen LogP contribution is -2.44. The SMILES string of the molecule is Cc1cc(N2CCC(N(C)CCC(=O)Nc3cc([N+](=O)[O-])ccc3C)CC2)nc(C)n1. The van der Waals surface area contributed by atoms with Crippen molar-refractivity contribution >= 4 is 23.1 Å². The molecule has 0 unspecified atom stereocenters. The lowest BCUT2D eigenvalue weighted by atomic mass is 10.0. The van der Waals surface area contributed by atoms with Gasteiger partial charge in [0.05, 0.1) is 10.6 Å². The Morgan fingerprint density at radius 2 is 1.94 bits per heavy atom. The molecular weight excluding hydrogens is 396 g/mol. The van der Waals surface area contributed by atoms with Gasteiger partial charge in [-0.15, -0.1) is 0 Å². The maximum Gasteiger partial charge on any atom is 0.271 e. The maximum absolute atomic E-state index is 12.4. The number of nitrogens with one attached hydrogen (secondary N) is 1. The Morgan fingerprint density at radius 3 is 2.58 bits per heavy atom. The molecule has 0 spiro atoms. The summed E-state index contributed by atoms with van der Waals surface area (Å²) in [4.78, 5) is 36.3. The molecule has 0 atom stereocenters. The van der Waals surface area contributed by atoms with E-state index in [0.29, 0.717) is 24.7 Å². The zero-order valence-electron chi connectivity index (χ0n) is 18.6. The van der Waals surface area contributed by atoms with Crippen LogP contribution in [-0.2, 0) is 4.79 Å². The van der Waals surface area contributed by atoms with E-state index in [9.17, 15) is 14.9 Å². The molecule has 0 aliphatic carbocycles. The molecule has 9 heteroatoms. The number of aryl methyl sites for hydroxylation is 3. The monoisotopic (exact) mass is 426 g/mol. The fourth-order valence-electron chi connectivity index (χ4n) is 3.93. The second-order valence-electron chi connectivity index (χ2n) is 8.17.